The van der Waals surface area contributed by atoms with Gasteiger partial charge in [-0.25, -0.2) is 10.9 Å². The minimum Gasteiger partial charge on any atom is -0.325 e. The monoisotopic (exact) mass is 320 g/mol. The third kappa shape index (κ3) is 4.01. The van der Waals surface area contributed by atoms with Gasteiger partial charge in [0.25, 0.3) is 0 Å². The van der Waals surface area contributed by atoms with Gasteiger partial charge in [0, 0.05) is 22.4 Å². The molecule has 1 aromatic rings. The van der Waals surface area contributed by atoms with Crippen LogP contribution in [0.25, 0.3) is 0 Å². The largest absolute Gasteiger partial charge is 0.325 e. The molecule has 2 fully saturated rings. The lowest BCUT2D eigenvalue weighted by atomic mass is 10.1. The maximum Gasteiger partial charge on any atom is 0.244 e. The van der Waals surface area contributed by atoms with Gasteiger partial charge in [0.15, 0.2) is 0 Å². The summed E-state index contributed by atoms with van der Waals surface area (Å²) in [6.07, 6.45) is 5.51. The lowest BCUT2D eigenvalue weighted by Crippen LogP contribution is -2.43. The number of amides is 1. The minimum absolute atomic E-state index is 0.0251. The molecule has 4 N–H and O–H groups in total. The number of anilines is 1. The zero-order chi connectivity index (χ0) is 15.4. The molecule has 5 nitrogen and oxygen atoms in total. The molecule has 120 valence electrons. The average molecular weight is 320 g/mol. The van der Waals surface area contributed by atoms with Crippen LogP contribution < -0.4 is 21.7 Å². The fourth-order valence-electron chi connectivity index (χ4n) is 3.01. The molecular weight excluding hydrogens is 296 g/mol. The fourth-order valence-corrected chi connectivity index (χ4v) is 4.16. The number of hydrazine groups is 2. The predicted octanol–water partition coefficient (Wildman–Crippen LogP) is 2.28. The van der Waals surface area contributed by atoms with E-state index < -0.39 is 0 Å². The lowest BCUT2D eigenvalue weighted by Gasteiger charge is -2.14. The first-order valence-corrected chi connectivity index (χ1v) is 9.01. The van der Waals surface area contributed by atoms with Gasteiger partial charge in [-0.2, -0.15) is 5.53 Å². The Morgan fingerprint density at radius 1 is 1.32 bits per heavy atom. The third-order valence-electron chi connectivity index (χ3n) is 4.37. The van der Waals surface area contributed by atoms with E-state index in [2.05, 4.69) is 33.8 Å². The van der Waals surface area contributed by atoms with Crippen LogP contribution in [0.3, 0.4) is 0 Å². The first-order chi connectivity index (χ1) is 10.7. The Labute approximate surface area is 135 Å². The summed E-state index contributed by atoms with van der Waals surface area (Å²) in [6.45, 7) is 1.96. The van der Waals surface area contributed by atoms with Crippen LogP contribution in [0.1, 0.15) is 32.6 Å². The molecule has 1 saturated heterocycles. The second-order valence-electron chi connectivity index (χ2n) is 6.16. The molecule has 3 rings (SSSR count). The zero-order valence-corrected chi connectivity index (χ0v) is 13.7. The SMILES string of the molecule is CC1NNNC1C(=O)Nc1cccc(SCC2CCCC2)c1. The maximum absolute atomic E-state index is 12.2. The van der Waals surface area contributed by atoms with Crippen LogP contribution in [-0.4, -0.2) is 23.7 Å². The molecule has 0 radical (unpaired) electrons. The van der Waals surface area contributed by atoms with E-state index in [0.717, 1.165) is 11.6 Å². The summed E-state index contributed by atoms with van der Waals surface area (Å²) in [5.74, 6) is 2.03. The van der Waals surface area contributed by atoms with E-state index in [1.54, 1.807) is 0 Å². The van der Waals surface area contributed by atoms with Crippen molar-refractivity contribution in [1.82, 2.24) is 16.4 Å². The summed E-state index contributed by atoms with van der Waals surface area (Å²) < 4.78 is 0. The quantitative estimate of drug-likeness (QED) is 0.627. The Balaban J connectivity index is 1.55. The molecule has 1 aliphatic carbocycles. The first kappa shape index (κ1) is 15.8. The highest BCUT2D eigenvalue weighted by molar-refractivity contribution is 7.99. The third-order valence-corrected chi connectivity index (χ3v) is 5.60. The van der Waals surface area contributed by atoms with Crippen molar-refractivity contribution >= 4 is 23.4 Å². The Morgan fingerprint density at radius 2 is 2.14 bits per heavy atom. The number of carbonyl (C=O) groups is 1. The van der Waals surface area contributed by atoms with Gasteiger partial charge in [0.05, 0.1) is 0 Å². The molecular formula is C16H24N4OS. The van der Waals surface area contributed by atoms with Gasteiger partial charge in [-0.3, -0.25) is 4.79 Å². The Bertz CT molecular complexity index is 519. The summed E-state index contributed by atoms with van der Waals surface area (Å²) in [5, 5.41) is 2.99. The Morgan fingerprint density at radius 3 is 2.86 bits per heavy atom. The zero-order valence-electron chi connectivity index (χ0n) is 12.9. The van der Waals surface area contributed by atoms with Gasteiger partial charge in [-0.15, -0.1) is 11.8 Å². The second-order valence-corrected chi connectivity index (χ2v) is 7.25. The lowest BCUT2D eigenvalue weighted by molar-refractivity contribution is -0.118. The summed E-state index contributed by atoms with van der Waals surface area (Å²) in [4.78, 5) is 13.5. The van der Waals surface area contributed by atoms with Gasteiger partial charge in [0.2, 0.25) is 5.91 Å². The van der Waals surface area contributed by atoms with E-state index in [4.69, 9.17) is 0 Å². The van der Waals surface area contributed by atoms with Crippen molar-refractivity contribution in [2.24, 2.45) is 5.92 Å². The van der Waals surface area contributed by atoms with Crippen LogP contribution in [0.5, 0.6) is 0 Å². The average Bonchev–Trinajstić information content (AvgIpc) is 3.16. The number of hydrogen-bond acceptors (Lipinski definition) is 5. The smallest absolute Gasteiger partial charge is 0.244 e. The van der Waals surface area contributed by atoms with Crippen molar-refractivity contribution in [3.63, 3.8) is 0 Å². The van der Waals surface area contributed by atoms with E-state index in [-0.39, 0.29) is 18.0 Å². The molecule has 1 saturated carbocycles. The summed E-state index contributed by atoms with van der Waals surface area (Å²) >= 11 is 1.90. The van der Waals surface area contributed by atoms with E-state index in [1.165, 1.54) is 36.3 Å². The topological polar surface area (TPSA) is 65.2 Å². The predicted molar refractivity (Wildman–Crippen MR) is 90.4 cm³/mol. The van der Waals surface area contributed by atoms with Crippen LogP contribution in [0, 0.1) is 5.92 Å². The maximum atomic E-state index is 12.2. The van der Waals surface area contributed by atoms with Crippen molar-refractivity contribution in [2.45, 2.75) is 49.6 Å². The van der Waals surface area contributed by atoms with Gasteiger partial charge in [-0.05, 0) is 43.9 Å². The molecule has 22 heavy (non-hydrogen) atoms. The first-order valence-electron chi connectivity index (χ1n) is 8.02. The van der Waals surface area contributed by atoms with E-state index in [0.29, 0.717) is 0 Å². The van der Waals surface area contributed by atoms with Crippen LogP contribution in [0.2, 0.25) is 0 Å². The van der Waals surface area contributed by atoms with Gasteiger partial charge >= 0.3 is 0 Å². The fraction of sp³-hybridized carbons (Fsp3) is 0.562. The normalized spacial score (nSPS) is 25.5. The van der Waals surface area contributed by atoms with Crippen molar-refractivity contribution in [3.8, 4) is 0 Å². The molecule has 0 spiro atoms. The molecule has 2 atom stereocenters. The van der Waals surface area contributed by atoms with Crippen LogP contribution in [0.4, 0.5) is 5.69 Å². The summed E-state index contributed by atoms with van der Waals surface area (Å²) in [5.41, 5.74) is 9.55. The molecule has 6 heteroatoms. The highest BCUT2D eigenvalue weighted by Crippen LogP contribution is 2.31. The Hall–Kier alpha value is -1.08. The minimum atomic E-state index is -0.269. The number of thioether (sulfide) groups is 1. The molecule has 2 unspecified atom stereocenters. The van der Waals surface area contributed by atoms with Crippen molar-refractivity contribution < 1.29 is 4.79 Å². The molecule has 0 bridgehead atoms. The summed E-state index contributed by atoms with van der Waals surface area (Å²) in [6, 6.07) is 7.93. The van der Waals surface area contributed by atoms with Gasteiger partial charge in [-0.1, -0.05) is 18.9 Å². The molecule has 1 heterocycles. The number of nitrogens with one attached hydrogen (secondary N) is 4. The number of carbonyl (C=O) groups excluding carboxylic acids is 1. The van der Waals surface area contributed by atoms with Crippen LogP contribution >= 0.6 is 11.8 Å². The number of hydrogen-bond donors (Lipinski definition) is 4. The molecule has 1 aliphatic heterocycles. The van der Waals surface area contributed by atoms with Crippen LogP contribution in [0.15, 0.2) is 29.2 Å². The van der Waals surface area contributed by atoms with Crippen molar-refractivity contribution in [3.05, 3.63) is 24.3 Å². The number of rotatable bonds is 5. The molecule has 2 aliphatic rings. The number of benzene rings is 1. The van der Waals surface area contributed by atoms with Crippen molar-refractivity contribution in [2.75, 3.05) is 11.1 Å². The molecule has 1 amide bonds. The van der Waals surface area contributed by atoms with E-state index in [9.17, 15) is 4.79 Å². The summed E-state index contributed by atoms with van der Waals surface area (Å²) in [7, 11) is 0. The molecule has 1 aromatic carbocycles. The Kier molecular flexibility index (Phi) is 5.36. The highest BCUT2D eigenvalue weighted by Gasteiger charge is 2.29. The standard InChI is InChI=1S/C16H24N4OS/c1-11-15(19-20-18-11)16(21)17-13-7-4-8-14(9-13)22-10-12-5-2-3-6-12/h4,7-9,11-12,15,18-20H,2-3,5-6,10H2,1H3,(H,17,21). The van der Waals surface area contributed by atoms with E-state index in [1.807, 2.05) is 30.8 Å². The highest BCUT2D eigenvalue weighted by atomic mass is 32.2. The van der Waals surface area contributed by atoms with E-state index >= 15 is 0 Å². The van der Waals surface area contributed by atoms with Crippen LogP contribution in [-0.2, 0) is 4.79 Å². The van der Waals surface area contributed by atoms with Gasteiger partial charge < -0.3 is 5.32 Å². The van der Waals surface area contributed by atoms with Crippen molar-refractivity contribution in [1.29, 1.82) is 0 Å². The molecule has 0 aromatic heterocycles. The van der Waals surface area contributed by atoms with Gasteiger partial charge in [0.1, 0.15) is 6.04 Å². The second kappa shape index (κ2) is 7.46.